The summed E-state index contributed by atoms with van der Waals surface area (Å²) in [6, 6.07) is 8.18. The number of nitrogens with zero attached hydrogens (tertiary/aromatic N) is 3. The smallest absolute Gasteiger partial charge is 0.273 e. The van der Waals surface area contributed by atoms with Gasteiger partial charge in [-0.05, 0) is 57.5 Å². The molecule has 1 unspecified atom stereocenters. The lowest BCUT2D eigenvalue weighted by Gasteiger charge is -2.22. The predicted octanol–water partition coefficient (Wildman–Crippen LogP) is 2.13. The SMILES string of the molecule is Cc1cccc(OC(C)CNC(=O)c2cn(C3CCNCC3)nn2)c1.Cl. The Morgan fingerprint density at radius 3 is 2.92 bits per heavy atom. The van der Waals surface area contributed by atoms with Crippen LogP contribution in [0.5, 0.6) is 5.75 Å². The number of halogens is 1. The molecule has 1 atom stereocenters. The van der Waals surface area contributed by atoms with Crippen LogP contribution in [0.4, 0.5) is 0 Å². The van der Waals surface area contributed by atoms with Crippen molar-refractivity contribution in [3.05, 3.63) is 41.7 Å². The highest BCUT2D eigenvalue weighted by atomic mass is 35.5. The molecule has 142 valence electrons. The van der Waals surface area contributed by atoms with E-state index in [1.165, 1.54) is 0 Å². The van der Waals surface area contributed by atoms with Gasteiger partial charge in [0.1, 0.15) is 11.9 Å². The van der Waals surface area contributed by atoms with Gasteiger partial charge in [-0.1, -0.05) is 17.3 Å². The average molecular weight is 380 g/mol. The predicted molar refractivity (Wildman–Crippen MR) is 102 cm³/mol. The number of carbonyl (C=O) groups is 1. The van der Waals surface area contributed by atoms with Crippen molar-refractivity contribution in [3.63, 3.8) is 0 Å². The third kappa shape index (κ3) is 5.44. The molecule has 2 heterocycles. The van der Waals surface area contributed by atoms with Crippen LogP contribution in [0.2, 0.25) is 0 Å². The molecule has 0 radical (unpaired) electrons. The lowest BCUT2D eigenvalue weighted by Crippen LogP contribution is -2.33. The quantitative estimate of drug-likeness (QED) is 0.803. The van der Waals surface area contributed by atoms with Crippen molar-refractivity contribution in [1.82, 2.24) is 25.6 Å². The minimum Gasteiger partial charge on any atom is -0.489 e. The first-order chi connectivity index (χ1) is 12.1. The zero-order valence-electron chi connectivity index (χ0n) is 15.1. The fourth-order valence-corrected chi connectivity index (χ4v) is 2.92. The van der Waals surface area contributed by atoms with Gasteiger partial charge < -0.3 is 15.4 Å². The van der Waals surface area contributed by atoms with Gasteiger partial charge in [-0.3, -0.25) is 4.79 Å². The molecule has 0 saturated carbocycles. The Balaban J connectivity index is 0.00000243. The van der Waals surface area contributed by atoms with Gasteiger partial charge in [0, 0.05) is 0 Å². The Morgan fingerprint density at radius 2 is 2.19 bits per heavy atom. The number of benzene rings is 1. The topological polar surface area (TPSA) is 81.1 Å². The number of aromatic nitrogens is 3. The third-order valence-corrected chi connectivity index (χ3v) is 4.30. The summed E-state index contributed by atoms with van der Waals surface area (Å²) in [5, 5.41) is 14.3. The van der Waals surface area contributed by atoms with Crippen molar-refractivity contribution >= 4 is 18.3 Å². The first kappa shape index (κ1) is 20.2. The number of carbonyl (C=O) groups excluding carboxylic acids is 1. The summed E-state index contributed by atoms with van der Waals surface area (Å²) in [7, 11) is 0. The molecular weight excluding hydrogens is 354 g/mol. The van der Waals surface area contributed by atoms with Crippen LogP contribution >= 0.6 is 12.4 Å². The van der Waals surface area contributed by atoms with E-state index in [1.807, 2.05) is 42.8 Å². The fourth-order valence-electron chi connectivity index (χ4n) is 2.92. The molecule has 1 amide bonds. The van der Waals surface area contributed by atoms with Crippen molar-refractivity contribution < 1.29 is 9.53 Å². The van der Waals surface area contributed by atoms with Crippen LogP contribution in [-0.4, -0.2) is 46.6 Å². The largest absolute Gasteiger partial charge is 0.489 e. The molecule has 1 fully saturated rings. The molecule has 26 heavy (non-hydrogen) atoms. The molecule has 1 saturated heterocycles. The maximum absolute atomic E-state index is 12.3. The number of rotatable bonds is 6. The van der Waals surface area contributed by atoms with E-state index in [2.05, 4.69) is 20.9 Å². The van der Waals surface area contributed by atoms with E-state index in [0.29, 0.717) is 18.3 Å². The zero-order valence-corrected chi connectivity index (χ0v) is 16.0. The Morgan fingerprint density at radius 1 is 1.42 bits per heavy atom. The monoisotopic (exact) mass is 379 g/mol. The third-order valence-electron chi connectivity index (χ3n) is 4.30. The molecule has 0 bridgehead atoms. The van der Waals surface area contributed by atoms with Crippen molar-refractivity contribution in [1.29, 1.82) is 0 Å². The molecule has 7 nitrogen and oxygen atoms in total. The maximum atomic E-state index is 12.3. The van der Waals surface area contributed by atoms with Gasteiger partial charge in [0.05, 0.1) is 18.8 Å². The number of amides is 1. The standard InChI is InChI=1S/C18H25N5O2.ClH/c1-13-4-3-5-16(10-13)25-14(2)11-20-18(24)17-12-23(22-21-17)15-6-8-19-9-7-15;/h3-5,10,12,14-15,19H,6-9,11H2,1-2H3,(H,20,24);1H. The number of piperidine rings is 1. The number of hydrogen-bond acceptors (Lipinski definition) is 5. The molecular formula is C18H26ClN5O2. The maximum Gasteiger partial charge on any atom is 0.273 e. The van der Waals surface area contributed by atoms with Crippen molar-refractivity contribution in [2.45, 2.75) is 38.8 Å². The summed E-state index contributed by atoms with van der Waals surface area (Å²) < 4.78 is 7.63. The first-order valence-electron chi connectivity index (χ1n) is 8.76. The second-order valence-electron chi connectivity index (χ2n) is 6.52. The van der Waals surface area contributed by atoms with E-state index in [1.54, 1.807) is 6.20 Å². The molecule has 1 aliphatic heterocycles. The van der Waals surface area contributed by atoms with Gasteiger partial charge in [0.15, 0.2) is 5.69 Å². The molecule has 0 aliphatic carbocycles. The normalized spacial score (nSPS) is 15.8. The van der Waals surface area contributed by atoms with Crippen LogP contribution in [0.25, 0.3) is 0 Å². The molecule has 2 aromatic rings. The van der Waals surface area contributed by atoms with Crippen LogP contribution in [0.1, 0.15) is 41.9 Å². The highest BCUT2D eigenvalue weighted by molar-refractivity contribution is 5.91. The number of nitrogens with one attached hydrogen (secondary N) is 2. The number of ether oxygens (including phenoxy) is 1. The van der Waals surface area contributed by atoms with Crippen LogP contribution < -0.4 is 15.4 Å². The Kier molecular flexibility index (Phi) is 7.41. The fraction of sp³-hybridized carbons (Fsp3) is 0.500. The molecule has 8 heteroatoms. The van der Waals surface area contributed by atoms with E-state index in [9.17, 15) is 4.79 Å². The lowest BCUT2D eigenvalue weighted by molar-refractivity contribution is 0.0927. The summed E-state index contributed by atoms with van der Waals surface area (Å²) in [5.41, 5.74) is 1.49. The van der Waals surface area contributed by atoms with Gasteiger partial charge >= 0.3 is 0 Å². The highest BCUT2D eigenvalue weighted by Crippen LogP contribution is 2.17. The molecule has 3 rings (SSSR count). The average Bonchev–Trinajstić information content (AvgIpc) is 3.11. The summed E-state index contributed by atoms with van der Waals surface area (Å²) >= 11 is 0. The van der Waals surface area contributed by atoms with Crippen LogP contribution in [0.15, 0.2) is 30.5 Å². The van der Waals surface area contributed by atoms with E-state index in [0.717, 1.165) is 37.2 Å². The summed E-state index contributed by atoms with van der Waals surface area (Å²) in [6.45, 7) is 6.30. The second-order valence-corrected chi connectivity index (χ2v) is 6.52. The van der Waals surface area contributed by atoms with Crippen molar-refractivity contribution in [2.75, 3.05) is 19.6 Å². The Labute approximate surface area is 159 Å². The van der Waals surface area contributed by atoms with Crippen molar-refractivity contribution in [3.8, 4) is 5.75 Å². The highest BCUT2D eigenvalue weighted by Gasteiger charge is 2.19. The van der Waals surface area contributed by atoms with Crippen LogP contribution in [0.3, 0.4) is 0 Å². The van der Waals surface area contributed by atoms with E-state index >= 15 is 0 Å². The zero-order chi connectivity index (χ0) is 17.6. The lowest BCUT2D eigenvalue weighted by atomic mass is 10.1. The minimum atomic E-state index is -0.222. The van der Waals surface area contributed by atoms with Gasteiger partial charge in [-0.15, -0.1) is 17.5 Å². The minimum absolute atomic E-state index is 0. The van der Waals surface area contributed by atoms with Gasteiger partial charge in [-0.2, -0.15) is 0 Å². The van der Waals surface area contributed by atoms with Gasteiger partial charge in [-0.25, -0.2) is 4.68 Å². The molecule has 2 N–H and O–H groups in total. The Bertz CT molecular complexity index is 715. The van der Waals surface area contributed by atoms with Gasteiger partial charge in [0.25, 0.3) is 5.91 Å². The second kappa shape index (κ2) is 9.54. The summed E-state index contributed by atoms with van der Waals surface area (Å²) in [4.78, 5) is 12.3. The summed E-state index contributed by atoms with van der Waals surface area (Å²) in [6.07, 6.45) is 3.61. The first-order valence-corrected chi connectivity index (χ1v) is 8.76. The molecule has 1 aromatic heterocycles. The summed E-state index contributed by atoms with van der Waals surface area (Å²) in [5.74, 6) is 0.582. The van der Waals surface area contributed by atoms with Crippen LogP contribution in [0, 0.1) is 6.92 Å². The van der Waals surface area contributed by atoms with Gasteiger partial charge in [0.2, 0.25) is 0 Å². The Hall–Kier alpha value is -2.12. The van der Waals surface area contributed by atoms with E-state index in [-0.39, 0.29) is 24.4 Å². The van der Waals surface area contributed by atoms with E-state index in [4.69, 9.17) is 4.74 Å². The number of aryl methyl sites for hydroxylation is 1. The molecule has 1 aliphatic rings. The molecule has 0 spiro atoms. The molecule has 1 aromatic carbocycles. The van der Waals surface area contributed by atoms with Crippen molar-refractivity contribution in [2.24, 2.45) is 0 Å². The number of hydrogen-bond donors (Lipinski definition) is 2. The van der Waals surface area contributed by atoms with Crippen LogP contribution in [-0.2, 0) is 0 Å². The van der Waals surface area contributed by atoms with E-state index < -0.39 is 0 Å².